The van der Waals surface area contributed by atoms with Crippen molar-refractivity contribution in [2.45, 2.75) is 57.5 Å². The quantitative estimate of drug-likeness (QED) is 0.489. The smallest absolute Gasteiger partial charge is 0.247 e. The third-order valence-corrected chi connectivity index (χ3v) is 6.66. The molecule has 7 heteroatoms. The molecule has 0 saturated heterocycles. The summed E-state index contributed by atoms with van der Waals surface area (Å²) in [6.45, 7) is 2.40. The lowest BCUT2D eigenvalue weighted by molar-refractivity contribution is -0.139. The van der Waals surface area contributed by atoms with Gasteiger partial charge in [-0.05, 0) is 49.4 Å². The van der Waals surface area contributed by atoms with Crippen molar-refractivity contribution >= 4 is 23.4 Å². The first-order valence-electron chi connectivity index (χ1n) is 11.9. The number of halogens is 1. The number of hydrogen-bond donors (Lipinski definition) is 1. The molecule has 34 heavy (non-hydrogen) atoms. The number of hydrogen-bond acceptors (Lipinski definition) is 4. The van der Waals surface area contributed by atoms with Crippen LogP contribution in [-0.4, -0.2) is 49.4 Å². The van der Waals surface area contributed by atoms with Gasteiger partial charge in [-0.2, -0.15) is 0 Å². The van der Waals surface area contributed by atoms with Crippen LogP contribution in [0.5, 0.6) is 11.5 Å². The fraction of sp³-hybridized carbons (Fsp3) is 0.481. The number of amides is 2. The monoisotopic (exact) mass is 486 g/mol. The van der Waals surface area contributed by atoms with Crippen LogP contribution in [0.4, 0.5) is 0 Å². The van der Waals surface area contributed by atoms with E-state index < -0.39 is 6.04 Å². The van der Waals surface area contributed by atoms with Crippen molar-refractivity contribution in [2.75, 3.05) is 26.6 Å². The molecular formula is C27H35ClN2O4. The molecule has 1 fully saturated rings. The Morgan fingerprint density at radius 2 is 1.71 bits per heavy atom. The third-order valence-electron chi connectivity index (χ3n) is 6.43. The molecule has 0 heterocycles. The van der Waals surface area contributed by atoms with Gasteiger partial charge in [0.05, 0.1) is 14.2 Å². The summed E-state index contributed by atoms with van der Waals surface area (Å²) in [4.78, 5) is 28.3. The number of carbonyl (C=O) groups excluding carboxylic acids is 2. The van der Waals surface area contributed by atoms with Gasteiger partial charge in [-0.15, -0.1) is 11.6 Å². The van der Waals surface area contributed by atoms with Gasteiger partial charge in [0.2, 0.25) is 11.8 Å². The lowest BCUT2D eigenvalue weighted by atomic mass is 9.94. The SMILES string of the molecule is COc1ccc([C@@H](C(=O)NC2CCCCC2)N(CCc2ccc(C)cc2)C(=O)CCl)cc1OC. The van der Waals surface area contributed by atoms with E-state index in [1.807, 2.05) is 37.3 Å². The molecule has 1 aliphatic carbocycles. The first-order chi connectivity index (χ1) is 16.5. The van der Waals surface area contributed by atoms with Crippen molar-refractivity contribution < 1.29 is 19.1 Å². The zero-order chi connectivity index (χ0) is 24.5. The second-order valence-corrected chi connectivity index (χ2v) is 9.08. The van der Waals surface area contributed by atoms with Gasteiger partial charge in [0, 0.05) is 12.6 Å². The predicted octanol–water partition coefficient (Wildman–Crippen LogP) is 4.81. The number of benzene rings is 2. The van der Waals surface area contributed by atoms with Crippen LogP contribution in [0.3, 0.4) is 0 Å². The number of ether oxygens (including phenoxy) is 2. The summed E-state index contributed by atoms with van der Waals surface area (Å²) in [5, 5.41) is 3.20. The summed E-state index contributed by atoms with van der Waals surface area (Å²) in [5.41, 5.74) is 2.93. The van der Waals surface area contributed by atoms with E-state index in [2.05, 4.69) is 5.32 Å². The van der Waals surface area contributed by atoms with Gasteiger partial charge >= 0.3 is 0 Å². The Morgan fingerprint density at radius 3 is 2.32 bits per heavy atom. The van der Waals surface area contributed by atoms with Crippen LogP contribution in [0.15, 0.2) is 42.5 Å². The van der Waals surface area contributed by atoms with E-state index in [1.54, 1.807) is 31.3 Å². The molecule has 0 bridgehead atoms. The van der Waals surface area contributed by atoms with E-state index in [0.717, 1.165) is 31.2 Å². The maximum absolute atomic E-state index is 13.7. The minimum absolute atomic E-state index is 0.119. The number of nitrogens with one attached hydrogen (secondary N) is 1. The van der Waals surface area contributed by atoms with E-state index in [4.69, 9.17) is 21.1 Å². The Labute approximate surface area is 207 Å². The normalized spacial score (nSPS) is 14.8. The van der Waals surface area contributed by atoms with Crippen molar-refractivity contribution in [3.05, 3.63) is 59.2 Å². The Bertz CT molecular complexity index is 958. The van der Waals surface area contributed by atoms with Crippen LogP contribution in [0.25, 0.3) is 0 Å². The molecule has 3 rings (SSSR count). The molecule has 0 aliphatic heterocycles. The zero-order valence-corrected chi connectivity index (χ0v) is 21.1. The summed E-state index contributed by atoms with van der Waals surface area (Å²) in [6.07, 6.45) is 5.92. The van der Waals surface area contributed by atoms with E-state index in [0.29, 0.717) is 30.0 Å². The number of rotatable bonds is 10. The molecule has 1 saturated carbocycles. The molecule has 0 spiro atoms. The van der Waals surface area contributed by atoms with Crippen molar-refractivity contribution in [3.63, 3.8) is 0 Å². The molecule has 1 aliphatic rings. The molecule has 2 aromatic rings. The minimum atomic E-state index is -0.821. The maximum atomic E-state index is 13.7. The van der Waals surface area contributed by atoms with Gasteiger partial charge in [0.1, 0.15) is 11.9 Å². The molecule has 0 aromatic heterocycles. The van der Waals surface area contributed by atoms with Crippen LogP contribution >= 0.6 is 11.6 Å². The molecule has 1 N–H and O–H groups in total. The van der Waals surface area contributed by atoms with Gasteiger partial charge < -0.3 is 19.7 Å². The number of alkyl halides is 1. The number of carbonyl (C=O) groups is 2. The van der Waals surface area contributed by atoms with Crippen LogP contribution in [0, 0.1) is 6.92 Å². The Kier molecular flexibility index (Phi) is 9.63. The first-order valence-corrected chi connectivity index (χ1v) is 12.4. The second-order valence-electron chi connectivity index (χ2n) is 8.82. The summed E-state index contributed by atoms with van der Waals surface area (Å²) >= 11 is 6.02. The molecule has 2 amide bonds. The van der Waals surface area contributed by atoms with Gasteiger partial charge in [-0.1, -0.05) is 55.2 Å². The molecule has 0 unspecified atom stereocenters. The van der Waals surface area contributed by atoms with Crippen LogP contribution in [0.2, 0.25) is 0 Å². The molecular weight excluding hydrogens is 452 g/mol. The number of nitrogens with zero attached hydrogens (tertiary/aromatic N) is 1. The van der Waals surface area contributed by atoms with Crippen molar-refractivity contribution in [1.82, 2.24) is 10.2 Å². The Hall–Kier alpha value is -2.73. The van der Waals surface area contributed by atoms with Gasteiger partial charge in [-0.3, -0.25) is 9.59 Å². The van der Waals surface area contributed by atoms with Crippen LogP contribution < -0.4 is 14.8 Å². The standard InChI is InChI=1S/C27H35ClN2O4/c1-19-9-11-20(12-10-19)15-16-30(25(31)18-28)26(27(32)29-22-7-5-4-6-8-22)21-13-14-23(33-2)24(17-21)34-3/h9-14,17,22,26H,4-8,15-16,18H2,1-3H3,(H,29,32)/t26-/m0/s1. The molecule has 1 atom stereocenters. The number of aryl methyl sites for hydroxylation is 1. The van der Waals surface area contributed by atoms with Crippen LogP contribution in [-0.2, 0) is 16.0 Å². The highest BCUT2D eigenvalue weighted by atomic mass is 35.5. The largest absolute Gasteiger partial charge is 0.493 e. The van der Waals surface area contributed by atoms with Gasteiger partial charge in [0.15, 0.2) is 11.5 Å². The molecule has 184 valence electrons. The Morgan fingerprint density at radius 1 is 1.03 bits per heavy atom. The lowest BCUT2D eigenvalue weighted by Crippen LogP contribution is -2.48. The maximum Gasteiger partial charge on any atom is 0.247 e. The van der Waals surface area contributed by atoms with E-state index >= 15 is 0 Å². The molecule has 6 nitrogen and oxygen atoms in total. The summed E-state index contributed by atoms with van der Waals surface area (Å²) in [6, 6.07) is 12.8. The second kappa shape index (κ2) is 12.7. The highest BCUT2D eigenvalue weighted by molar-refractivity contribution is 6.27. The van der Waals surface area contributed by atoms with Crippen molar-refractivity contribution in [2.24, 2.45) is 0 Å². The van der Waals surface area contributed by atoms with Crippen molar-refractivity contribution in [3.8, 4) is 11.5 Å². The summed E-state index contributed by atoms with van der Waals surface area (Å²) < 4.78 is 10.8. The Balaban J connectivity index is 1.94. The van der Waals surface area contributed by atoms with Gasteiger partial charge in [0.25, 0.3) is 0 Å². The van der Waals surface area contributed by atoms with Crippen LogP contribution in [0.1, 0.15) is 54.8 Å². The fourth-order valence-corrected chi connectivity index (χ4v) is 4.66. The van der Waals surface area contributed by atoms with E-state index in [-0.39, 0.29) is 23.7 Å². The highest BCUT2D eigenvalue weighted by Gasteiger charge is 2.33. The zero-order valence-electron chi connectivity index (χ0n) is 20.3. The third kappa shape index (κ3) is 6.66. The van der Waals surface area contributed by atoms with E-state index in [9.17, 15) is 9.59 Å². The molecule has 0 radical (unpaired) electrons. The first kappa shape index (κ1) is 25.9. The van der Waals surface area contributed by atoms with Gasteiger partial charge in [-0.25, -0.2) is 0 Å². The van der Waals surface area contributed by atoms with E-state index in [1.165, 1.54) is 12.0 Å². The summed E-state index contributed by atoms with van der Waals surface area (Å²) in [7, 11) is 3.12. The predicted molar refractivity (Wildman–Crippen MR) is 135 cm³/mol. The van der Waals surface area contributed by atoms with Crippen molar-refractivity contribution in [1.29, 1.82) is 0 Å². The minimum Gasteiger partial charge on any atom is -0.493 e. The molecule has 2 aromatic carbocycles. The lowest BCUT2D eigenvalue weighted by Gasteiger charge is -2.33. The topological polar surface area (TPSA) is 67.9 Å². The summed E-state index contributed by atoms with van der Waals surface area (Å²) in [5.74, 6) is 0.391. The average molecular weight is 487 g/mol. The highest BCUT2D eigenvalue weighted by Crippen LogP contribution is 2.33. The fourth-order valence-electron chi connectivity index (χ4n) is 4.50. The number of methoxy groups -OCH3 is 2. The average Bonchev–Trinajstić information content (AvgIpc) is 2.87.